The number of ether oxygens (including phenoxy) is 1. The van der Waals surface area contributed by atoms with Crippen molar-refractivity contribution in [1.82, 2.24) is 15.0 Å². The first-order chi connectivity index (χ1) is 15.3. The topological polar surface area (TPSA) is 68.5 Å². The van der Waals surface area contributed by atoms with Crippen LogP contribution in [0, 0.1) is 12.8 Å². The standard InChI is InChI=1S/C23H22F3N3O3/c1-15-7-2-3-9-17(15)21-27-20(32-28-21)13-16-8-6-12-29(14-16)22(30)18-10-4-5-11-19(18)31-23(24,25)26/h2-5,7,9-11,16H,6,8,12-14H2,1H3. The van der Waals surface area contributed by atoms with Gasteiger partial charge >= 0.3 is 6.36 Å². The van der Waals surface area contributed by atoms with Crippen molar-refractivity contribution in [1.29, 1.82) is 0 Å². The minimum Gasteiger partial charge on any atom is -0.405 e. The van der Waals surface area contributed by atoms with Crippen molar-refractivity contribution < 1.29 is 27.2 Å². The number of nitrogens with zero attached hydrogens (tertiary/aromatic N) is 3. The van der Waals surface area contributed by atoms with E-state index >= 15 is 0 Å². The second-order valence-electron chi connectivity index (χ2n) is 7.83. The number of carbonyl (C=O) groups excluding carboxylic acids is 1. The van der Waals surface area contributed by atoms with Crippen molar-refractivity contribution in [2.45, 2.75) is 32.5 Å². The van der Waals surface area contributed by atoms with Crippen molar-refractivity contribution in [3.05, 3.63) is 65.5 Å². The van der Waals surface area contributed by atoms with E-state index in [-0.39, 0.29) is 11.5 Å². The van der Waals surface area contributed by atoms with Gasteiger partial charge in [-0.2, -0.15) is 4.98 Å². The average molecular weight is 445 g/mol. The molecule has 0 radical (unpaired) electrons. The van der Waals surface area contributed by atoms with Gasteiger partial charge in [0.05, 0.1) is 5.56 Å². The third kappa shape index (κ3) is 5.09. The van der Waals surface area contributed by atoms with Crippen LogP contribution in [0.1, 0.15) is 34.7 Å². The van der Waals surface area contributed by atoms with E-state index in [0.717, 1.165) is 30.0 Å². The second-order valence-corrected chi connectivity index (χ2v) is 7.83. The summed E-state index contributed by atoms with van der Waals surface area (Å²) in [4.78, 5) is 19.0. The minimum atomic E-state index is -4.87. The Balaban J connectivity index is 1.45. The van der Waals surface area contributed by atoms with Crippen LogP contribution < -0.4 is 4.74 Å². The van der Waals surface area contributed by atoms with Gasteiger partial charge in [-0.3, -0.25) is 4.79 Å². The van der Waals surface area contributed by atoms with Gasteiger partial charge in [0, 0.05) is 25.1 Å². The molecule has 0 bridgehead atoms. The fourth-order valence-electron chi connectivity index (χ4n) is 3.96. The molecule has 0 N–H and O–H groups in total. The van der Waals surface area contributed by atoms with Crippen molar-refractivity contribution >= 4 is 5.91 Å². The fourth-order valence-corrected chi connectivity index (χ4v) is 3.96. The Kier molecular flexibility index (Phi) is 6.16. The van der Waals surface area contributed by atoms with Crippen LogP contribution in [0.25, 0.3) is 11.4 Å². The number of amides is 1. The number of aryl methyl sites for hydroxylation is 1. The molecule has 1 aliphatic heterocycles. The van der Waals surface area contributed by atoms with E-state index in [1.807, 2.05) is 31.2 Å². The number of hydrogen-bond acceptors (Lipinski definition) is 5. The summed E-state index contributed by atoms with van der Waals surface area (Å²) in [5, 5.41) is 4.07. The number of para-hydroxylation sites is 1. The molecular weight excluding hydrogens is 423 g/mol. The number of alkyl halides is 3. The van der Waals surface area contributed by atoms with Crippen molar-refractivity contribution in [3.8, 4) is 17.1 Å². The Labute approximate surface area is 183 Å². The van der Waals surface area contributed by atoms with Gasteiger partial charge < -0.3 is 14.2 Å². The number of piperidine rings is 1. The smallest absolute Gasteiger partial charge is 0.405 e. The van der Waals surface area contributed by atoms with E-state index in [2.05, 4.69) is 14.9 Å². The maximum Gasteiger partial charge on any atom is 0.573 e. The molecule has 2 aromatic carbocycles. The Hall–Kier alpha value is -3.36. The van der Waals surface area contributed by atoms with Gasteiger partial charge in [-0.25, -0.2) is 0 Å². The largest absolute Gasteiger partial charge is 0.573 e. The van der Waals surface area contributed by atoms with E-state index in [9.17, 15) is 18.0 Å². The molecule has 168 valence electrons. The lowest BCUT2D eigenvalue weighted by Crippen LogP contribution is -2.40. The summed E-state index contributed by atoms with van der Waals surface area (Å²) in [6, 6.07) is 13.1. The lowest BCUT2D eigenvalue weighted by Gasteiger charge is -2.32. The third-order valence-electron chi connectivity index (χ3n) is 5.47. The molecule has 1 fully saturated rings. The molecule has 0 spiro atoms. The molecule has 1 aromatic heterocycles. The summed E-state index contributed by atoms with van der Waals surface area (Å²) in [7, 11) is 0. The molecule has 6 nitrogen and oxygen atoms in total. The number of likely N-dealkylation sites (tertiary alicyclic amines) is 1. The summed E-state index contributed by atoms with van der Waals surface area (Å²) in [5.74, 6) is 0.0737. The van der Waals surface area contributed by atoms with Crippen LogP contribution in [-0.2, 0) is 6.42 Å². The molecule has 3 aromatic rings. The summed E-state index contributed by atoms with van der Waals surface area (Å²) in [6.45, 7) is 2.82. The molecule has 1 atom stereocenters. The van der Waals surface area contributed by atoms with Crippen LogP contribution in [0.3, 0.4) is 0 Å². The van der Waals surface area contributed by atoms with Gasteiger partial charge in [0.1, 0.15) is 5.75 Å². The van der Waals surface area contributed by atoms with E-state index in [4.69, 9.17) is 4.52 Å². The predicted octanol–water partition coefficient (Wildman–Crippen LogP) is 5.04. The van der Waals surface area contributed by atoms with Crippen LogP contribution in [0.5, 0.6) is 5.75 Å². The van der Waals surface area contributed by atoms with E-state index in [0.29, 0.717) is 31.2 Å². The maximum atomic E-state index is 13.0. The number of benzene rings is 2. The van der Waals surface area contributed by atoms with Crippen LogP contribution in [0.4, 0.5) is 13.2 Å². The Bertz CT molecular complexity index is 1100. The third-order valence-corrected chi connectivity index (χ3v) is 5.47. The van der Waals surface area contributed by atoms with Gasteiger partial charge in [-0.15, -0.1) is 13.2 Å². The molecule has 1 amide bonds. The van der Waals surface area contributed by atoms with Gasteiger partial charge in [0.25, 0.3) is 5.91 Å². The average Bonchev–Trinajstić information content (AvgIpc) is 3.21. The van der Waals surface area contributed by atoms with Crippen LogP contribution in [0.15, 0.2) is 53.1 Å². The minimum absolute atomic E-state index is 0.0635. The second kappa shape index (κ2) is 9.02. The number of carbonyl (C=O) groups is 1. The monoisotopic (exact) mass is 445 g/mol. The molecule has 0 saturated carbocycles. The Morgan fingerprint density at radius 3 is 2.72 bits per heavy atom. The number of aromatic nitrogens is 2. The van der Waals surface area contributed by atoms with Crippen molar-refractivity contribution in [2.75, 3.05) is 13.1 Å². The van der Waals surface area contributed by atoms with Crippen molar-refractivity contribution in [3.63, 3.8) is 0 Å². The molecule has 1 aliphatic rings. The SMILES string of the molecule is Cc1ccccc1-c1noc(CC2CCCN(C(=O)c3ccccc3OC(F)(F)F)C2)n1. The van der Waals surface area contributed by atoms with E-state index < -0.39 is 18.0 Å². The highest BCUT2D eigenvalue weighted by atomic mass is 19.4. The highest BCUT2D eigenvalue weighted by Gasteiger charge is 2.34. The Morgan fingerprint density at radius 1 is 1.19 bits per heavy atom. The predicted molar refractivity (Wildman–Crippen MR) is 110 cm³/mol. The number of halogens is 3. The van der Waals surface area contributed by atoms with E-state index in [1.165, 1.54) is 18.2 Å². The first kappa shape index (κ1) is 21.9. The van der Waals surface area contributed by atoms with Gasteiger partial charge in [-0.05, 0) is 43.4 Å². The highest BCUT2D eigenvalue weighted by Crippen LogP contribution is 2.29. The van der Waals surface area contributed by atoms with Gasteiger partial charge in [0.2, 0.25) is 11.7 Å². The molecular formula is C23H22F3N3O3. The zero-order chi connectivity index (χ0) is 22.7. The van der Waals surface area contributed by atoms with Gasteiger partial charge in [0.15, 0.2) is 0 Å². The van der Waals surface area contributed by atoms with E-state index in [1.54, 1.807) is 4.90 Å². The lowest BCUT2D eigenvalue weighted by molar-refractivity contribution is -0.274. The fraction of sp³-hybridized carbons (Fsp3) is 0.348. The van der Waals surface area contributed by atoms with Crippen LogP contribution in [-0.4, -0.2) is 40.4 Å². The molecule has 1 unspecified atom stereocenters. The number of rotatable bonds is 5. The zero-order valence-corrected chi connectivity index (χ0v) is 17.4. The molecule has 0 aliphatic carbocycles. The normalized spacial score (nSPS) is 16.8. The van der Waals surface area contributed by atoms with Crippen LogP contribution in [0.2, 0.25) is 0 Å². The lowest BCUT2D eigenvalue weighted by atomic mass is 9.94. The Morgan fingerprint density at radius 2 is 1.94 bits per heavy atom. The van der Waals surface area contributed by atoms with Gasteiger partial charge in [-0.1, -0.05) is 41.6 Å². The highest BCUT2D eigenvalue weighted by molar-refractivity contribution is 5.97. The summed E-state index contributed by atoms with van der Waals surface area (Å²) < 4.78 is 47.6. The zero-order valence-electron chi connectivity index (χ0n) is 17.4. The molecule has 9 heteroatoms. The molecule has 4 rings (SSSR count). The first-order valence-corrected chi connectivity index (χ1v) is 10.3. The van der Waals surface area contributed by atoms with Crippen LogP contribution >= 0.6 is 0 Å². The maximum absolute atomic E-state index is 13.0. The quantitative estimate of drug-likeness (QED) is 0.551. The van der Waals surface area contributed by atoms with Crippen molar-refractivity contribution in [2.24, 2.45) is 5.92 Å². The number of hydrogen-bond donors (Lipinski definition) is 0. The first-order valence-electron chi connectivity index (χ1n) is 10.3. The summed E-state index contributed by atoms with van der Waals surface area (Å²) in [6.07, 6.45) is -2.79. The summed E-state index contributed by atoms with van der Waals surface area (Å²) in [5.41, 5.74) is 1.82. The molecule has 32 heavy (non-hydrogen) atoms. The molecule has 2 heterocycles. The summed E-state index contributed by atoms with van der Waals surface area (Å²) >= 11 is 0. The molecule has 1 saturated heterocycles.